The second-order valence-electron chi connectivity index (χ2n) is 6.36. The van der Waals surface area contributed by atoms with Crippen LogP contribution >= 0.6 is 0 Å². The molecule has 0 spiro atoms. The first-order valence-corrected chi connectivity index (χ1v) is 8.80. The maximum absolute atomic E-state index is 6.11. The number of para-hydroxylation sites is 2. The van der Waals surface area contributed by atoms with Crippen LogP contribution in [0.1, 0.15) is 0 Å². The minimum Gasteiger partial charge on any atom is -0.450 e. The second kappa shape index (κ2) is 6.28. The van der Waals surface area contributed by atoms with Gasteiger partial charge in [-0.3, -0.25) is 4.68 Å². The number of aromatic nitrogens is 6. The number of imidazole rings is 2. The standard InChI is InChI=1S/C20H18N6O/c1-24-16-6-3-2-5-15(16)23-20(24)18-8-7-17(27-18)19-21-10-12-25(19)13-14-26-11-4-9-22-26/h2-12H,13-14H2,1H3. The molecule has 0 aliphatic heterocycles. The fourth-order valence-electron chi connectivity index (χ4n) is 3.30. The van der Waals surface area contributed by atoms with Gasteiger partial charge in [0.05, 0.1) is 17.6 Å². The Labute approximate surface area is 155 Å². The predicted octanol–water partition coefficient (Wildman–Crippen LogP) is 3.59. The first kappa shape index (κ1) is 15.6. The van der Waals surface area contributed by atoms with E-state index in [1.54, 1.807) is 12.4 Å². The van der Waals surface area contributed by atoms with E-state index in [2.05, 4.69) is 20.7 Å². The number of hydrogen-bond donors (Lipinski definition) is 0. The maximum Gasteiger partial charge on any atom is 0.177 e. The summed E-state index contributed by atoms with van der Waals surface area (Å²) in [4.78, 5) is 9.17. The molecule has 0 bridgehead atoms. The van der Waals surface area contributed by atoms with Gasteiger partial charge in [-0.1, -0.05) is 12.1 Å². The van der Waals surface area contributed by atoms with E-state index in [0.29, 0.717) is 0 Å². The third-order valence-electron chi connectivity index (χ3n) is 4.68. The summed E-state index contributed by atoms with van der Waals surface area (Å²) < 4.78 is 12.1. The molecule has 134 valence electrons. The highest BCUT2D eigenvalue weighted by molar-refractivity contribution is 5.79. The van der Waals surface area contributed by atoms with Crippen LogP contribution in [0.15, 0.2) is 71.7 Å². The number of hydrogen-bond acceptors (Lipinski definition) is 4. The van der Waals surface area contributed by atoms with Crippen molar-refractivity contribution < 1.29 is 4.42 Å². The minimum atomic E-state index is 0.725. The molecule has 7 heteroatoms. The van der Waals surface area contributed by atoms with Crippen LogP contribution in [0.3, 0.4) is 0 Å². The van der Waals surface area contributed by atoms with Gasteiger partial charge in [0.15, 0.2) is 23.2 Å². The molecule has 0 radical (unpaired) electrons. The molecular weight excluding hydrogens is 340 g/mol. The summed E-state index contributed by atoms with van der Waals surface area (Å²) >= 11 is 0. The Morgan fingerprint density at radius 1 is 0.889 bits per heavy atom. The molecule has 0 unspecified atom stereocenters. The van der Waals surface area contributed by atoms with Gasteiger partial charge in [-0.2, -0.15) is 5.10 Å². The molecular formula is C20H18N6O. The Hall–Kier alpha value is -3.61. The first-order valence-electron chi connectivity index (χ1n) is 8.80. The Kier molecular flexibility index (Phi) is 3.64. The quantitative estimate of drug-likeness (QED) is 0.481. The SMILES string of the molecule is Cn1c(-c2ccc(-c3nccn3CCn3cccn3)o2)nc2ccccc21. The van der Waals surface area contributed by atoms with E-state index in [1.165, 1.54) is 0 Å². The van der Waals surface area contributed by atoms with Crippen molar-refractivity contribution in [3.05, 3.63) is 67.3 Å². The van der Waals surface area contributed by atoms with Gasteiger partial charge in [0, 0.05) is 38.4 Å². The third-order valence-corrected chi connectivity index (χ3v) is 4.68. The molecule has 0 saturated heterocycles. The number of nitrogens with zero attached hydrogens (tertiary/aromatic N) is 6. The second-order valence-corrected chi connectivity index (χ2v) is 6.36. The van der Waals surface area contributed by atoms with Gasteiger partial charge in [0.1, 0.15) is 0 Å². The number of aryl methyl sites for hydroxylation is 3. The Balaban J connectivity index is 1.46. The van der Waals surface area contributed by atoms with Crippen LogP contribution in [0.4, 0.5) is 0 Å². The van der Waals surface area contributed by atoms with Crippen molar-refractivity contribution in [2.75, 3.05) is 0 Å². The normalized spacial score (nSPS) is 11.4. The summed E-state index contributed by atoms with van der Waals surface area (Å²) in [5, 5.41) is 4.24. The van der Waals surface area contributed by atoms with E-state index in [0.717, 1.165) is 47.3 Å². The number of furan rings is 1. The molecule has 0 saturated carbocycles. The van der Waals surface area contributed by atoms with E-state index in [4.69, 9.17) is 9.40 Å². The van der Waals surface area contributed by atoms with E-state index in [9.17, 15) is 0 Å². The van der Waals surface area contributed by atoms with Crippen molar-refractivity contribution >= 4 is 11.0 Å². The lowest BCUT2D eigenvalue weighted by Gasteiger charge is -2.06. The summed E-state index contributed by atoms with van der Waals surface area (Å²) in [5.74, 6) is 3.05. The summed E-state index contributed by atoms with van der Waals surface area (Å²) in [6.45, 7) is 1.54. The predicted molar refractivity (Wildman–Crippen MR) is 102 cm³/mol. The molecule has 5 aromatic rings. The minimum absolute atomic E-state index is 0.725. The van der Waals surface area contributed by atoms with E-state index < -0.39 is 0 Å². The average molecular weight is 358 g/mol. The van der Waals surface area contributed by atoms with Crippen LogP contribution in [0.5, 0.6) is 0 Å². The number of benzene rings is 1. The molecule has 0 aliphatic rings. The third kappa shape index (κ3) is 2.73. The largest absolute Gasteiger partial charge is 0.450 e. The molecule has 27 heavy (non-hydrogen) atoms. The van der Waals surface area contributed by atoms with Crippen LogP contribution in [0, 0.1) is 0 Å². The fourth-order valence-corrected chi connectivity index (χ4v) is 3.30. The highest BCUT2D eigenvalue weighted by Gasteiger charge is 2.16. The molecule has 0 aliphatic carbocycles. The zero-order valence-electron chi connectivity index (χ0n) is 14.9. The van der Waals surface area contributed by atoms with Gasteiger partial charge in [0.2, 0.25) is 0 Å². The highest BCUT2D eigenvalue weighted by Crippen LogP contribution is 2.29. The molecule has 7 nitrogen and oxygen atoms in total. The lowest BCUT2D eigenvalue weighted by atomic mass is 10.3. The van der Waals surface area contributed by atoms with Crippen LogP contribution in [0.25, 0.3) is 34.2 Å². The van der Waals surface area contributed by atoms with Crippen molar-refractivity contribution in [1.82, 2.24) is 28.9 Å². The first-order chi connectivity index (χ1) is 13.3. The molecule has 0 N–H and O–H groups in total. The van der Waals surface area contributed by atoms with Gasteiger partial charge in [0.25, 0.3) is 0 Å². The zero-order valence-corrected chi connectivity index (χ0v) is 14.9. The van der Waals surface area contributed by atoms with Gasteiger partial charge < -0.3 is 13.6 Å². The Bertz CT molecular complexity index is 1190. The van der Waals surface area contributed by atoms with Crippen molar-refractivity contribution in [2.45, 2.75) is 13.1 Å². The number of rotatable bonds is 5. The molecule has 1 aromatic carbocycles. The Morgan fingerprint density at radius 3 is 2.56 bits per heavy atom. The summed E-state index contributed by atoms with van der Waals surface area (Å²) in [6.07, 6.45) is 7.48. The molecule has 0 fully saturated rings. The zero-order chi connectivity index (χ0) is 18.2. The topological polar surface area (TPSA) is 66.6 Å². The highest BCUT2D eigenvalue weighted by atomic mass is 16.3. The number of fused-ring (bicyclic) bond motifs is 1. The van der Waals surface area contributed by atoms with Gasteiger partial charge >= 0.3 is 0 Å². The van der Waals surface area contributed by atoms with Gasteiger partial charge in [-0.05, 0) is 30.3 Å². The monoisotopic (exact) mass is 358 g/mol. The summed E-state index contributed by atoms with van der Waals surface area (Å²) in [6, 6.07) is 13.9. The van der Waals surface area contributed by atoms with Crippen LogP contribution in [-0.4, -0.2) is 28.9 Å². The maximum atomic E-state index is 6.11. The lowest BCUT2D eigenvalue weighted by Crippen LogP contribution is -2.08. The fraction of sp³-hybridized carbons (Fsp3) is 0.150. The van der Waals surface area contributed by atoms with E-state index in [1.807, 2.05) is 65.1 Å². The van der Waals surface area contributed by atoms with Crippen LogP contribution < -0.4 is 0 Å². The summed E-state index contributed by atoms with van der Waals surface area (Å²) in [7, 11) is 2.00. The van der Waals surface area contributed by atoms with Crippen molar-refractivity contribution in [2.24, 2.45) is 7.05 Å². The van der Waals surface area contributed by atoms with Crippen molar-refractivity contribution in [3.63, 3.8) is 0 Å². The van der Waals surface area contributed by atoms with Crippen molar-refractivity contribution in [3.8, 4) is 23.2 Å². The average Bonchev–Trinajstić information content (AvgIpc) is 3.47. The van der Waals surface area contributed by atoms with Crippen LogP contribution in [-0.2, 0) is 20.1 Å². The lowest BCUT2D eigenvalue weighted by molar-refractivity contribution is 0.525. The molecule has 0 amide bonds. The van der Waals surface area contributed by atoms with Gasteiger partial charge in [-0.25, -0.2) is 9.97 Å². The van der Waals surface area contributed by atoms with Gasteiger partial charge in [-0.15, -0.1) is 0 Å². The van der Waals surface area contributed by atoms with Crippen LogP contribution in [0.2, 0.25) is 0 Å². The van der Waals surface area contributed by atoms with Crippen molar-refractivity contribution in [1.29, 1.82) is 0 Å². The molecule has 0 atom stereocenters. The molecule has 4 aromatic heterocycles. The van der Waals surface area contributed by atoms with E-state index >= 15 is 0 Å². The van der Waals surface area contributed by atoms with E-state index in [-0.39, 0.29) is 0 Å². The summed E-state index contributed by atoms with van der Waals surface area (Å²) in [5.41, 5.74) is 2.03. The molecule has 5 rings (SSSR count). The Morgan fingerprint density at radius 2 is 1.74 bits per heavy atom. The molecule has 4 heterocycles. The smallest absolute Gasteiger partial charge is 0.177 e.